The van der Waals surface area contributed by atoms with Crippen LogP contribution in [0.25, 0.3) is 0 Å². The molecule has 5 atom stereocenters. The highest BCUT2D eigenvalue weighted by atomic mass is 16.5. The Bertz CT molecular complexity index is 596. The first-order valence-electron chi connectivity index (χ1n) is 10.1. The number of hydrogen-bond acceptors (Lipinski definition) is 2. The molecular formula is C22H32O2. The summed E-state index contributed by atoms with van der Waals surface area (Å²) in [6.07, 6.45) is 10.5. The third kappa shape index (κ3) is 2.58. The van der Waals surface area contributed by atoms with Crippen LogP contribution in [-0.2, 0) is 11.2 Å². The lowest BCUT2D eigenvalue weighted by molar-refractivity contribution is -0.0644. The van der Waals surface area contributed by atoms with Gasteiger partial charge in [-0.2, -0.15) is 0 Å². The molecule has 2 fully saturated rings. The highest BCUT2D eigenvalue weighted by Crippen LogP contribution is 2.61. The summed E-state index contributed by atoms with van der Waals surface area (Å²) >= 11 is 0. The van der Waals surface area contributed by atoms with Crippen LogP contribution in [0.4, 0.5) is 0 Å². The molecular weight excluding hydrogens is 296 g/mol. The van der Waals surface area contributed by atoms with E-state index in [1.54, 1.807) is 0 Å². The van der Waals surface area contributed by atoms with Crippen molar-refractivity contribution in [2.24, 2.45) is 17.3 Å². The van der Waals surface area contributed by atoms with Gasteiger partial charge in [-0.1, -0.05) is 26.3 Å². The number of ether oxygens (including phenoxy) is 1. The Balaban J connectivity index is 1.54. The van der Waals surface area contributed by atoms with Gasteiger partial charge in [0, 0.05) is 6.61 Å². The average Bonchev–Trinajstić information content (AvgIpc) is 2.91. The molecule has 0 radical (unpaired) electrons. The van der Waals surface area contributed by atoms with E-state index in [1.807, 2.05) is 12.1 Å². The van der Waals surface area contributed by atoms with Crippen molar-refractivity contribution in [1.29, 1.82) is 0 Å². The maximum absolute atomic E-state index is 9.80. The van der Waals surface area contributed by atoms with Crippen LogP contribution in [0.5, 0.6) is 5.75 Å². The number of unbranched alkanes of at least 4 members (excludes halogenated alkanes) is 1. The van der Waals surface area contributed by atoms with E-state index in [2.05, 4.69) is 19.9 Å². The Morgan fingerprint density at radius 1 is 1.21 bits per heavy atom. The highest BCUT2D eigenvalue weighted by molar-refractivity contribution is 5.40. The van der Waals surface area contributed by atoms with Crippen molar-refractivity contribution in [2.45, 2.75) is 77.2 Å². The SMILES string of the molecule is CCCCOC1CC[C@H]2[C@@H]3CCc4cc(O)ccc4[C@H]3CC[C@]12C. The van der Waals surface area contributed by atoms with E-state index in [-0.39, 0.29) is 0 Å². The molecule has 1 aromatic carbocycles. The third-order valence-corrected chi connectivity index (χ3v) is 7.44. The van der Waals surface area contributed by atoms with Crippen molar-refractivity contribution >= 4 is 0 Å². The minimum absolute atomic E-state index is 0.392. The summed E-state index contributed by atoms with van der Waals surface area (Å²) in [4.78, 5) is 0. The van der Waals surface area contributed by atoms with E-state index in [4.69, 9.17) is 4.74 Å². The fourth-order valence-corrected chi connectivity index (χ4v) is 6.16. The summed E-state index contributed by atoms with van der Waals surface area (Å²) in [5.74, 6) is 2.78. The monoisotopic (exact) mass is 328 g/mol. The number of aryl methyl sites for hydroxylation is 1. The van der Waals surface area contributed by atoms with Crippen LogP contribution in [0.3, 0.4) is 0 Å². The number of aromatic hydroxyl groups is 1. The smallest absolute Gasteiger partial charge is 0.115 e. The molecule has 1 aromatic rings. The van der Waals surface area contributed by atoms with Gasteiger partial charge < -0.3 is 9.84 Å². The molecule has 0 heterocycles. The largest absolute Gasteiger partial charge is 0.508 e. The average molecular weight is 328 g/mol. The minimum atomic E-state index is 0.392. The van der Waals surface area contributed by atoms with Crippen LogP contribution >= 0.6 is 0 Å². The van der Waals surface area contributed by atoms with Gasteiger partial charge in [-0.15, -0.1) is 0 Å². The van der Waals surface area contributed by atoms with Crippen molar-refractivity contribution < 1.29 is 9.84 Å². The summed E-state index contributed by atoms with van der Waals surface area (Å²) in [5, 5.41) is 9.80. The lowest BCUT2D eigenvalue weighted by Crippen LogP contribution is -2.44. The standard InChI is InChI=1S/C22H32O2/c1-3-4-13-24-21-10-9-20-19-7-5-15-14-16(23)6-8-17(15)18(19)11-12-22(20,21)2/h6,8,14,18-21,23H,3-5,7,9-13H2,1-2H3/t18-,19-,20+,21?,22+/m1/s1. The van der Waals surface area contributed by atoms with Gasteiger partial charge >= 0.3 is 0 Å². The minimum Gasteiger partial charge on any atom is -0.508 e. The van der Waals surface area contributed by atoms with Crippen LogP contribution in [0.15, 0.2) is 18.2 Å². The zero-order chi connectivity index (χ0) is 16.7. The van der Waals surface area contributed by atoms with E-state index in [0.29, 0.717) is 23.2 Å². The molecule has 0 saturated heterocycles. The number of benzene rings is 1. The predicted octanol–water partition coefficient (Wildman–Crippen LogP) is 5.43. The van der Waals surface area contributed by atoms with Crippen molar-refractivity contribution in [2.75, 3.05) is 6.61 Å². The second-order valence-electron chi connectivity index (χ2n) is 8.63. The number of fused-ring (bicyclic) bond motifs is 5. The first-order valence-corrected chi connectivity index (χ1v) is 10.1. The second kappa shape index (κ2) is 6.37. The predicted molar refractivity (Wildman–Crippen MR) is 97.4 cm³/mol. The Morgan fingerprint density at radius 2 is 2.08 bits per heavy atom. The molecule has 24 heavy (non-hydrogen) atoms. The molecule has 0 amide bonds. The molecule has 2 nitrogen and oxygen atoms in total. The number of phenolic OH excluding ortho intramolecular Hbond substituents is 1. The quantitative estimate of drug-likeness (QED) is 0.746. The second-order valence-corrected chi connectivity index (χ2v) is 8.63. The molecule has 0 aromatic heterocycles. The third-order valence-electron chi connectivity index (χ3n) is 7.44. The fourth-order valence-electron chi connectivity index (χ4n) is 6.16. The van der Waals surface area contributed by atoms with Crippen LogP contribution in [-0.4, -0.2) is 17.8 Å². The molecule has 0 aliphatic heterocycles. The molecule has 132 valence electrons. The Labute approximate surface area is 146 Å². The zero-order valence-corrected chi connectivity index (χ0v) is 15.3. The molecule has 2 saturated carbocycles. The van der Waals surface area contributed by atoms with E-state index in [1.165, 1.54) is 56.1 Å². The van der Waals surface area contributed by atoms with Crippen molar-refractivity contribution in [3.05, 3.63) is 29.3 Å². The summed E-state index contributed by atoms with van der Waals surface area (Å²) in [7, 11) is 0. The van der Waals surface area contributed by atoms with E-state index in [0.717, 1.165) is 24.9 Å². The molecule has 0 bridgehead atoms. The maximum Gasteiger partial charge on any atom is 0.115 e. The van der Waals surface area contributed by atoms with Gasteiger partial charge in [0.25, 0.3) is 0 Å². The van der Waals surface area contributed by atoms with Gasteiger partial charge in [0.15, 0.2) is 0 Å². The van der Waals surface area contributed by atoms with Gasteiger partial charge in [0.1, 0.15) is 5.75 Å². The van der Waals surface area contributed by atoms with E-state index < -0.39 is 0 Å². The Kier molecular flexibility index (Phi) is 4.36. The Hall–Kier alpha value is -1.02. The lowest BCUT2D eigenvalue weighted by Gasteiger charge is -2.50. The topological polar surface area (TPSA) is 29.5 Å². The van der Waals surface area contributed by atoms with Crippen LogP contribution in [0.1, 0.15) is 75.8 Å². The molecule has 1 N–H and O–H groups in total. The maximum atomic E-state index is 9.80. The summed E-state index contributed by atoms with van der Waals surface area (Å²) in [6.45, 7) is 5.70. The van der Waals surface area contributed by atoms with Gasteiger partial charge in [-0.25, -0.2) is 0 Å². The van der Waals surface area contributed by atoms with Crippen LogP contribution in [0.2, 0.25) is 0 Å². The number of rotatable bonds is 4. The fraction of sp³-hybridized carbons (Fsp3) is 0.727. The van der Waals surface area contributed by atoms with E-state index in [9.17, 15) is 5.11 Å². The molecule has 3 aliphatic rings. The zero-order valence-electron chi connectivity index (χ0n) is 15.3. The molecule has 4 rings (SSSR count). The normalized spacial score (nSPS) is 37.6. The summed E-state index contributed by atoms with van der Waals surface area (Å²) < 4.78 is 6.35. The Morgan fingerprint density at radius 3 is 2.92 bits per heavy atom. The van der Waals surface area contributed by atoms with Crippen molar-refractivity contribution in [3.63, 3.8) is 0 Å². The van der Waals surface area contributed by atoms with Crippen molar-refractivity contribution in [1.82, 2.24) is 0 Å². The van der Waals surface area contributed by atoms with Gasteiger partial charge in [-0.3, -0.25) is 0 Å². The van der Waals surface area contributed by atoms with Crippen LogP contribution < -0.4 is 0 Å². The van der Waals surface area contributed by atoms with E-state index >= 15 is 0 Å². The highest BCUT2D eigenvalue weighted by Gasteiger charge is 2.55. The molecule has 0 spiro atoms. The molecule has 1 unspecified atom stereocenters. The first kappa shape index (κ1) is 16.4. The first-order chi connectivity index (χ1) is 11.6. The van der Waals surface area contributed by atoms with Gasteiger partial charge in [0.05, 0.1) is 6.10 Å². The molecule has 2 heteroatoms. The lowest BCUT2D eigenvalue weighted by atomic mass is 9.55. The number of phenols is 1. The van der Waals surface area contributed by atoms with Gasteiger partial charge in [-0.05, 0) is 91.4 Å². The van der Waals surface area contributed by atoms with Gasteiger partial charge in [0.2, 0.25) is 0 Å². The van der Waals surface area contributed by atoms with Crippen molar-refractivity contribution in [3.8, 4) is 5.75 Å². The van der Waals surface area contributed by atoms with Crippen LogP contribution in [0, 0.1) is 17.3 Å². The summed E-state index contributed by atoms with van der Waals surface area (Å²) in [6, 6.07) is 6.10. The molecule has 3 aliphatic carbocycles. The number of hydrogen-bond donors (Lipinski definition) is 1. The summed E-state index contributed by atoms with van der Waals surface area (Å²) in [5.41, 5.74) is 3.32.